The number of hydrogen-bond donors (Lipinski definition) is 1. The number of nitrogen functional groups attached to an aromatic ring is 1. The smallest absolute Gasteiger partial charge is 0.232 e. The van der Waals surface area contributed by atoms with Crippen LogP contribution in [-0.2, 0) is 0 Å². The van der Waals surface area contributed by atoms with E-state index in [0.717, 1.165) is 4.68 Å². The van der Waals surface area contributed by atoms with Crippen LogP contribution < -0.4 is 5.84 Å². The summed E-state index contributed by atoms with van der Waals surface area (Å²) in [4.78, 5) is 3.56. The van der Waals surface area contributed by atoms with Crippen LogP contribution in [0.2, 0.25) is 0 Å². The third-order valence-electron chi connectivity index (χ3n) is 1.01. The van der Waals surface area contributed by atoms with Crippen LogP contribution in [0.25, 0.3) is 0 Å². The Kier molecular flexibility index (Phi) is 1.27. The molecule has 48 valence electrons. The predicted molar refractivity (Wildman–Crippen MR) is 31.8 cm³/mol. The van der Waals surface area contributed by atoms with Crippen LogP contribution >= 0.6 is 0 Å². The van der Waals surface area contributed by atoms with Gasteiger partial charge in [-0.25, -0.2) is 9.66 Å². The minimum Gasteiger partial charge on any atom is -0.336 e. The fraction of sp³-hybridized carbons (Fsp3) is 0. The van der Waals surface area contributed by atoms with E-state index in [0.29, 0.717) is 0 Å². The van der Waals surface area contributed by atoms with Crippen molar-refractivity contribution in [2.24, 2.45) is 0 Å². The van der Waals surface area contributed by atoms with Crippen molar-refractivity contribution >= 4 is 0 Å². The van der Waals surface area contributed by atoms with Gasteiger partial charge < -0.3 is 5.84 Å². The molecule has 0 aliphatic carbocycles. The van der Waals surface area contributed by atoms with Gasteiger partial charge in [-0.1, -0.05) is 0 Å². The minimum absolute atomic E-state index is 0.0385. The highest BCUT2D eigenvalue weighted by Crippen LogP contribution is 1.95. The molecule has 10 heavy (non-hydrogen) atoms. The Morgan fingerprint density at radius 3 is 2.50 bits per heavy atom. The second-order valence-corrected chi connectivity index (χ2v) is 1.56. The van der Waals surface area contributed by atoms with Crippen molar-refractivity contribution in [3.8, 4) is 12.1 Å². The lowest BCUT2D eigenvalue weighted by atomic mass is 10.5. The molecule has 0 unspecified atom stereocenters. The summed E-state index contributed by atoms with van der Waals surface area (Å²) in [7, 11) is 0. The van der Waals surface area contributed by atoms with Gasteiger partial charge in [0, 0.05) is 0 Å². The maximum absolute atomic E-state index is 8.33. The van der Waals surface area contributed by atoms with Gasteiger partial charge in [-0.05, 0) is 0 Å². The van der Waals surface area contributed by atoms with E-state index in [1.165, 1.54) is 6.20 Å². The summed E-state index contributed by atoms with van der Waals surface area (Å²) < 4.78 is 0.944. The molecule has 0 fully saturated rings. The maximum Gasteiger partial charge on any atom is 0.232 e. The van der Waals surface area contributed by atoms with E-state index >= 15 is 0 Å². The van der Waals surface area contributed by atoms with E-state index in [2.05, 4.69) is 4.98 Å². The molecule has 1 rings (SSSR count). The number of nitrogens with two attached hydrogens (primary N) is 1. The first-order valence-electron chi connectivity index (χ1n) is 2.42. The molecule has 0 saturated heterocycles. The number of imidazole rings is 1. The molecule has 0 saturated carbocycles. The van der Waals surface area contributed by atoms with Crippen LogP contribution in [0, 0.1) is 22.7 Å². The maximum atomic E-state index is 8.33. The van der Waals surface area contributed by atoms with Gasteiger partial charge in [0.15, 0.2) is 5.69 Å². The molecule has 5 heteroatoms. The molecule has 0 spiro atoms. The standard InChI is InChI=1S/C5H3N5/c6-1-4-3-9-5(2-7)10(4)8/h3H,8H2. The largest absolute Gasteiger partial charge is 0.336 e. The van der Waals surface area contributed by atoms with Crippen molar-refractivity contribution in [1.82, 2.24) is 9.66 Å². The van der Waals surface area contributed by atoms with Gasteiger partial charge in [0.2, 0.25) is 5.82 Å². The summed E-state index contributed by atoms with van der Waals surface area (Å²) in [5, 5.41) is 16.6. The zero-order chi connectivity index (χ0) is 7.56. The van der Waals surface area contributed by atoms with Crippen LogP contribution in [-0.4, -0.2) is 9.66 Å². The van der Waals surface area contributed by atoms with Crippen molar-refractivity contribution < 1.29 is 0 Å². The molecule has 0 atom stereocenters. The first-order valence-corrected chi connectivity index (χ1v) is 2.42. The van der Waals surface area contributed by atoms with Crippen molar-refractivity contribution in [2.45, 2.75) is 0 Å². The lowest BCUT2D eigenvalue weighted by Gasteiger charge is -1.90. The van der Waals surface area contributed by atoms with Crippen molar-refractivity contribution in [2.75, 3.05) is 5.84 Å². The molecule has 0 aliphatic heterocycles. The number of hydrogen-bond acceptors (Lipinski definition) is 4. The van der Waals surface area contributed by atoms with Crippen LogP contribution in [0.4, 0.5) is 0 Å². The molecule has 5 nitrogen and oxygen atoms in total. The van der Waals surface area contributed by atoms with Gasteiger partial charge in [0.25, 0.3) is 0 Å². The molecule has 2 N–H and O–H groups in total. The van der Waals surface area contributed by atoms with Crippen molar-refractivity contribution in [3.63, 3.8) is 0 Å². The van der Waals surface area contributed by atoms with Crippen LogP contribution in [0.15, 0.2) is 6.20 Å². The summed E-state index contributed by atoms with van der Waals surface area (Å²) >= 11 is 0. The van der Waals surface area contributed by atoms with Gasteiger partial charge in [-0.15, -0.1) is 0 Å². The number of nitrogens with zero attached hydrogens (tertiary/aromatic N) is 4. The van der Waals surface area contributed by atoms with Crippen LogP contribution in [0.1, 0.15) is 11.5 Å². The highest BCUT2D eigenvalue weighted by atomic mass is 15.3. The quantitative estimate of drug-likeness (QED) is 0.475. The number of aromatic nitrogens is 2. The number of nitriles is 2. The highest BCUT2D eigenvalue weighted by Gasteiger charge is 2.03. The third-order valence-corrected chi connectivity index (χ3v) is 1.01. The number of rotatable bonds is 0. The van der Waals surface area contributed by atoms with E-state index in [1.54, 1.807) is 12.1 Å². The summed E-state index contributed by atoms with van der Waals surface area (Å²) in [6, 6.07) is 3.50. The van der Waals surface area contributed by atoms with Gasteiger partial charge in [-0.2, -0.15) is 10.5 Å². The Morgan fingerprint density at radius 2 is 2.20 bits per heavy atom. The lowest BCUT2D eigenvalue weighted by Crippen LogP contribution is -2.12. The zero-order valence-corrected chi connectivity index (χ0v) is 4.94. The first-order chi connectivity index (χ1) is 4.79. The Balaban J connectivity index is 3.28. The Labute approximate surface area is 56.9 Å². The SMILES string of the molecule is N#Cc1cnc(C#N)n1N. The molecule has 0 bridgehead atoms. The molecular weight excluding hydrogens is 130 g/mol. The minimum atomic E-state index is 0.0385. The normalized spacial score (nSPS) is 8.20. The summed E-state index contributed by atoms with van der Waals surface area (Å²) in [6.45, 7) is 0. The predicted octanol–water partition coefficient (Wildman–Crippen LogP) is -0.660. The topological polar surface area (TPSA) is 91.4 Å². The van der Waals surface area contributed by atoms with E-state index in [4.69, 9.17) is 16.4 Å². The molecular formula is C5H3N5. The lowest BCUT2D eigenvalue weighted by molar-refractivity contribution is 0.951. The molecule has 1 aromatic rings. The Morgan fingerprint density at radius 1 is 1.50 bits per heavy atom. The average molecular weight is 133 g/mol. The van der Waals surface area contributed by atoms with E-state index in [1.807, 2.05) is 0 Å². The van der Waals surface area contributed by atoms with E-state index in [-0.39, 0.29) is 11.5 Å². The molecule has 1 heterocycles. The van der Waals surface area contributed by atoms with Gasteiger partial charge in [-0.3, -0.25) is 0 Å². The van der Waals surface area contributed by atoms with Crippen LogP contribution in [0.3, 0.4) is 0 Å². The monoisotopic (exact) mass is 133 g/mol. The first kappa shape index (κ1) is 6.12. The molecule has 0 radical (unpaired) electrons. The second-order valence-electron chi connectivity index (χ2n) is 1.56. The Hall–Kier alpha value is -2.01. The van der Waals surface area contributed by atoms with Crippen molar-refractivity contribution in [1.29, 1.82) is 10.5 Å². The molecule has 0 aromatic carbocycles. The fourth-order valence-corrected chi connectivity index (χ4v) is 0.526. The molecule has 0 aliphatic rings. The summed E-state index contributed by atoms with van der Waals surface area (Å²) in [6.07, 6.45) is 1.25. The van der Waals surface area contributed by atoms with Crippen molar-refractivity contribution in [3.05, 3.63) is 17.7 Å². The Bertz CT molecular complexity index is 291. The third kappa shape index (κ3) is 0.664. The van der Waals surface area contributed by atoms with E-state index < -0.39 is 0 Å². The highest BCUT2D eigenvalue weighted by molar-refractivity contribution is 5.25. The molecule has 1 aromatic heterocycles. The summed E-state index contributed by atoms with van der Waals surface area (Å²) in [5.74, 6) is 5.27. The average Bonchev–Trinajstić information content (AvgIpc) is 2.30. The zero-order valence-electron chi connectivity index (χ0n) is 4.94. The van der Waals surface area contributed by atoms with Gasteiger partial charge >= 0.3 is 0 Å². The molecule has 0 amide bonds. The van der Waals surface area contributed by atoms with Gasteiger partial charge in [0.05, 0.1) is 6.20 Å². The summed E-state index contributed by atoms with van der Waals surface area (Å²) in [5.41, 5.74) is 0.177. The van der Waals surface area contributed by atoms with Gasteiger partial charge in [0.1, 0.15) is 12.1 Å². The van der Waals surface area contributed by atoms with Crippen LogP contribution in [0.5, 0.6) is 0 Å². The fourth-order valence-electron chi connectivity index (χ4n) is 0.526. The second kappa shape index (κ2) is 2.08. The van der Waals surface area contributed by atoms with E-state index in [9.17, 15) is 0 Å².